The van der Waals surface area contributed by atoms with Gasteiger partial charge in [-0.1, -0.05) is 6.42 Å². The van der Waals surface area contributed by atoms with Crippen molar-refractivity contribution < 1.29 is 9.90 Å². The van der Waals surface area contributed by atoms with Crippen molar-refractivity contribution in [3.63, 3.8) is 0 Å². The highest BCUT2D eigenvalue weighted by Crippen LogP contribution is 2.05. The number of hydrogen-bond donors (Lipinski definition) is 2. The van der Waals surface area contributed by atoms with Crippen LogP contribution >= 0.6 is 0 Å². The van der Waals surface area contributed by atoms with Crippen molar-refractivity contribution in [2.45, 2.75) is 25.3 Å². The molecule has 1 atom stereocenters. The standard InChI is InChI=1S/C6H11NO2/c8-6(9)5-3-1-2-4-7-5/h5,7H,1-4H2,(H,8,9)/i/hD. The maximum Gasteiger partial charge on any atom is 0.320 e. The second-order valence-electron chi connectivity index (χ2n) is 2.32. The summed E-state index contributed by atoms with van der Waals surface area (Å²) in [7, 11) is 0. The van der Waals surface area contributed by atoms with Gasteiger partial charge in [0.25, 0.3) is 1.43 Å². The molecule has 3 heteroatoms. The van der Waals surface area contributed by atoms with Gasteiger partial charge in [-0.05, 0) is 19.4 Å². The van der Waals surface area contributed by atoms with Gasteiger partial charge in [0.15, 0.2) is 0 Å². The molecule has 0 aromatic rings. The molecule has 1 aliphatic rings. The van der Waals surface area contributed by atoms with Crippen LogP contribution in [0.3, 0.4) is 0 Å². The van der Waals surface area contributed by atoms with Crippen LogP contribution in [0.25, 0.3) is 1.43 Å². The highest BCUT2D eigenvalue weighted by Gasteiger charge is 2.18. The summed E-state index contributed by atoms with van der Waals surface area (Å²) in [5.74, 6) is -0.459. The van der Waals surface area contributed by atoms with E-state index in [1.165, 1.54) is 0 Å². The molecule has 1 unspecified atom stereocenters. The van der Waals surface area contributed by atoms with Gasteiger partial charge >= 0.3 is 5.97 Å². The lowest BCUT2D eigenvalue weighted by molar-refractivity contribution is -0.140. The lowest BCUT2D eigenvalue weighted by Gasteiger charge is -2.18. The molecular weight excluding hydrogens is 118 g/mol. The molecular formula is C6H11NO2. The number of nitrogens with one attached hydrogen (secondary N) is 1. The third-order valence-corrected chi connectivity index (χ3v) is 1.59. The van der Waals surface area contributed by atoms with Gasteiger partial charge in [-0.3, -0.25) is 4.79 Å². The van der Waals surface area contributed by atoms with Crippen molar-refractivity contribution in [1.82, 2.24) is 5.32 Å². The van der Waals surface area contributed by atoms with E-state index in [1.54, 1.807) is 0 Å². The zero-order valence-corrected chi connectivity index (χ0v) is 5.22. The first-order valence-electron chi connectivity index (χ1n) is 3.66. The maximum absolute atomic E-state index is 10.7. The number of carboxylic acid groups (broad SMARTS) is 1. The topological polar surface area (TPSA) is 49.3 Å². The summed E-state index contributed by atoms with van der Waals surface area (Å²) in [5.41, 5.74) is 0. The van der Waals surface area contributed by atoms with Crippen molar-refractivity contribution in [2.24, 2.45) is 0 Å². The van der Waals surface area contributed by atoms with Gasteiger partial charge in [-0.15, -0.1) is 0 Å². The van der Waals surface area contributed by atoms with Crippen LogP contribution < -0.4 is 5.32 Å². The number of hydrogen-bond acceptors (Lipinski definition) is 3. The molecule has 2 N–H and O–H groups in total. The Kier molecular flexibility index (Phi) is 1.64. The van der Waals surface area contributed by atoms with Crippen LogP contribution in [0.4, 0.5) is 0 Å². The zero-order chi connectivity index (χ0) is 7.40. The van der Waals surface area contributed by atoms with Crippen molar-refractivity contribution in [3.05, 3.63) is 0 Å². The third kappa shape index (κ3) is 1.68. The van der Waals surface area contributed by atoms with E-state index in [2.05, 4.69) is 10.4 Å². The molecule has 1 saturated heterocycles. The van der Waals surface area contributed by atoms with Crippen LogP contribution in [0.2, 0.25) is 0 Å². The van der Waals surface area contributed by atoms with E-state index in [4.69, 9.17) is 1.43 Å². The number of aliphatic carboxylic acids is 1. The van der Waals surface area contributed by atoms with Gasteiger partial charge in [0.1, 0.15) is 6.04 Å². The fourth-order valence-electron chi connectivity index (χ4n) is 1.05. The molecule has 52 valence electrons. The highest BCUT2D eigenvalue weighted by atomic mass is 16.4. The number of rotatable bonds is 1. The van der Waals surface area contributed by atoms with E-state index in [9.17, 15) is 4.79 Å². The molecule has 9 heavy (non-hydrogen) atoms. The van der Waals surface area contributed by atoms with Gasteiger partial charge in [-0.25, -0.2) is 0 Å². The molecule has 0 radical (unpaired) electrons. The molecule has 0 aromatic carbocycles. The summed E-state index contributed by atoms with van der Waals surface area (Å²) >= 11 is 0. The Hall–Kier alpha value is -0.570. The predicted molar refractivity (Wildman–Crippen MR) is 33.3 cm³/mol. The van der Waals surface area contributed by atoms with E-state index < -0.39 is 5.97 Å². The van der Waals surface area contributed by atoms with Crippen molar-refractivity contribution in [2.75, 3.05) is 6.54 Å². The molecule has 0 amide bonds. The van der Waals surface area contributed by atoms with E-state index in [1.807, 2.05) is 0 Å². The summed E-state index contributed by atoms with van der Waals surface area (Å²) in [5, 5.41) is 6.81. The van der Waals surface area contributed by atoms with Crippen LogP contribution in [-0.4, -0.2) is 23.7 Å². The number of piperidine rings is 1. The molecule has 1 aliphatic heterocycles. The summed E-state index contributed by atoms with van der Waals surface area (Å²) in [6.45, 7) is 0.861. The molecule has 1 heterocycles. The van der Waals surface area contributed by atoms with Crippen LogP contribution in [0.5, 0.6) is 0 Å². The Morgan fingerprint density at radius 2 is 2.67 bits per heavy atom. The predicted octanol–water partition coefficient (Wildman–Crippen LogP) is 0.213. The quantitative estimate of drug-likeness (QED) is 0.533. The fourth-order valence-corrected chi connectivity index (χ4v) is 1.05. The maximum atomic E-state index is 10.7. The molecule has 0 spiro atoms. The smallest absolute Gasteiger partial charge is 0.320 e. The minimum Gasteiger partial charge on any atom is -0.480 e. The second-order valence-corrected chi connectivity index (χ2v) is 2.32. The summed E-state index contributed by atoms with van der Waals surface area (Å²) < 4.78 is 6.36. The van der Waals surface area contributed by atoms with E-state index >= 15 is 0 Å². The summed E-state index contributed by atoms with van der Waals surface area (Å²) in [6, 6.07) is -0.230. The molecule has 0 aliphatic carbocycles. The molecule has 0 bridgehead atoms. The fraction of sp³-hybridized carbons (Fsp3) is 0.833. The second kappa shape index (κ2) is 2.82. The van der Waals surface area contributed by atoms with Gasteiger partial charge in [0, 0.05) is 0 Å². The highest BCUT2D eigenvalue weighted by molar-refractivity contribution is 5.73. The Balaban J connectivity index is 2.31. The molecule has 0 aromatic heterocycles. The largest absolute Gasteiger partial charge is 0.480 e. The number of carboxylic acids is 1. The van der Waals surface area contributed by atoms with Crippen molar-refractivity contribution in [3.8, 4) is 0 Å². The Morgan fingerprint density at radius 3 is 3.22 bits per heavy atom. The Labute approximate surface area is 55.6 Å². The van der Waals surface area contributed by atoms with Crippen molar-refractivity contribution in [1.29, 1.82) is 1.43 Å². The summed E-state index contributed by atoms with van der Waals surface area (Å²) in [6.07, 6.45) is 2.96. The normalized spacial score (nSPS) is 28.9. The monoisotopic (exact) mass is 130 g/mol. The van der Waals surface area contributed by atoms with E-state index in [0.717, 1.165) is 25.8 Å². The lowest BCUT2D eigenvalue weighted by atomic mass is 10.1. The van der Waals surface area contributed by atoms with Crippen LogP contribution in [0.1, 0.15) is 19.3 Å². The van der Waals surface area contributed by atoms with Crippen LogP contribution in [0.15, 0.2) is 0 Å². The Morgan fingerprint density at radius 1 is 1.78 bits per heavy atom. The molecule has 1 fully saturated rings. The number of carbonyl (C=O) groups is 1. The van der Waals surface area contributed by atoms with Crippen LogP contribution in [-0.2, 0) is 4.79 Å². The molecule has 3 nitrogen and oxygen atoms in total. The van der Waals surface area contributed by atoms with E-state index in [0.29, 0.717) is 0 Å². The van der Waals surface area contributed by atoms with Gasteiger partial charge < -0.3 is 10.4 Å². The lowest BCUT2D eigenvalue weighted by Crippen LogP contribution is -2.40. The first kappa shape index (κ1) is 5.23. The van der Waals surface area contributed by atoms with Crippen molar-refractivity contribution >= 4 is 5.97 Å². The van der Waals surface area contributed by atoms with Gasteiger partial charge in [-0.2, -0.15) is 0 Å². The minimum absolute atomic E-state index is 0.230. The minimum atomic E-state index is -0.459. The van der Waals surface area contributed by atoms with Crippen LogP contribution in [0, 0.1) is 0 Å². The average Bonchev–Trinajstić information content (AvgIpc) is 2.05. The van der Waals surface area contributed by atoms with Gasteiger partial charge in [0.05, 0.1) is 0 Å². The molecule has 1 rings (SSSR count). The first-order chi connectivity index (χ1) is 4.84. The zero-order valence-electron chi connectivity index (χ0n) is 6.22. The Bertz CT molecular complexity index is 123. The third-order valence-electron chi connectivity index (χ3n) is 1.59. The summed E-state index contributed by atoms with van der Waals surface area (Å²) in [4.78, 5) is 10.7. The average molecular weight is 130 g/mol. The molecule has 0 saturated carbocycles. The first-order valence-corrected chi connectivity index (χ1v) is 3.25. The van der Waals surface area contributed by atoms with E-state index in [-0.39, 0.29) is 6.04 Å². The van der Waals surface area contributed by atoms with Gasteiger partial charge in [0.2, 0.25) is 0 Å². The SMILES string of the molecule is [2H]OC(=O)C1CCCCN1.